The van der Waals surface area contributed by atoms with Crippen LogP contribution < -0.4 is 10.6 Å². The largest absolute Gasteiger partial charge is 0.367 e. The van der Waals surface area contributed by atoms with Crippen molar-refractivity contribution in [3.8, 4) is 0 Å². The predicted molar refractivity (Wildman–Crippen MR) is 88.7 cm³/mol. The molecule has 1 heterocycles. The number of carbonyl (C=O) groups is 1. The van der Waals surface area contributed by atoms with E-state index in [0.29, 0.717) is 18.7 Å². The van der Waals surface area contributed by atoms with E-state index in [-0.39, 0.29) is 5.91 Å². The Morgan fingerprint density at radius 3 is 2.52 bits per heavy atom. The van der Waals surface area contributed by atoms with Gasteiger partial charge in [0, 0.05) is 24.8 Å². The summed E-state index contributed by atoms with van der Waals surface area (Å²) in [4.78, 5) is 16.2. The Balaban J connectivity index is 1.79. The van der Waals surface area contributed by atoms with Crippen molar-refractivity contribution in [2.24, 2.45) is 0 Å². The van der Waals surface area contributed by atoms with Crippen LogP contribution in [0.1, 0.15) is 21.5 Å². The number of anilines is 1. The Morgan fingerprint density at radius 2 is 1.86 bits per heavy atom. The number of aromatic nitrogens is 1. The molecular weight excluding hydrogens is 330 g/mol. The molecule has 0 fully saturated rings. The highest BCUT2D eigenvalue weighted by atomic mass is 79.9. The first kappa shape index (κ1) is 15.5. The number of pyridine rings is 1. The second-order valence-corrected chi connectivity index (χ2v) is 5.75. The number of nitrogens with zero attached hydrogens (tertiary/aromatic N) is 1. The highest BCUT2D eigenvalue weighted by Crippen LogP contribution is 2.19. The summed E-state index contributed by atoms with van der Waals surface area (Å²) in [7, 11) is 0. The average molecular weight is 348 g/mol. The van der Waals surface area contributed by atoms with Crippen LogP contribution in [0.4, 0.5) is 5.82 Å². The maximum atomic E-state index is 11.9. The average Bonchev–Trinajstić information content (AvgIpc) is 2.46. The second-order valence-electron chi connectivity index (χ2n) is 4.89. The fourth-order valence-corrected chi connectivity index (χ4v) is 2.43. The van der Waals surface area contributed by atoms with E-state index in [4.69, 9.17) is 0 Å². The SMILES string of the molecule is Cc1ccc(C(=O)NCCNc2ncc(C)cc2Br)cc1. The van der Waals surface area contributed by atoms with Crippen molar-refractivity contribution in [3.63, 3.8) is 0 Å². The number of amides is 1. The van der Waals surface area contributed by atoms with Gasteiger partial charge >= 0.3 is 0 Å². The second kappa shape index (κ2) is 7.22. The van der Waals surface area contributed by atoms with Crippen molar-refractivity contribution < 1.29 is 4.79 Å². The number of hydrogen-bond acceptors (Lipinski definition) is 3. The van der Waals surface area contributed by atoms with E-state index >= 15 is 0 Å². The standard InChI is InChI=1S/C16H18BrN3O/c1-11-3-5-13(6-4-11)16(21)19-8-7-18-15-14(17)9-12(2)10-20-15/h3-6,9-10H,7-8H2,1-2H3,(H,18,20)(H,19,21). The zero-order valence-electron chi connectivity index (χ0n) is 12.1. The maximum absolute atomic E-state index is 11.9. The van der Waals surface area contributed by atoms with Crippen molar-refractivity contribution in [1.82, 2.24) is 10.3 Å². The molecule has 0 aliphatic carbocycles. The Hall–Kier alpha value is -1.88. The zero-order valence-corrected chi connectivity index (χ0v) is 13.7. The van der Waals surface area contributed by atoms with Crippen molar-refractivity contribution in [2.75, 3.05) is 18.4 Å². The molecule has 1 amide bonds. The summed E-state index contributed by atoms with van der Waals surface area (Å²) >= 11 is 3.46. The van der Waals surface area contributed by atoms with Crippen molar-refractivity contribution >= 4 is 27.7 Å². The number of nitrogens with one attached hydrogen (secondary N) is 2. The fourth-order valence-electron chi connectivity index (χ4n) is 1.83. The number of halogens is 1. The van der Waals surface area contributed by atoms with Gasteiger partial charge in [-0.1, -0.05) is 17.7 Å². The van der Waals surface area contributed by atoms with E-state index < -0.39 is 0 Å². The lowest BCUT2D eigenvalue weighted by atomic mass is 10.1. The van der Waals surface area contributed by atoms with Gasteiger partial charge in [-0.3, -0.25) is 4.79 Å². The fraction of sp³-hybridized carbons (Fsp3) is 0.250. The molecule has 0 unspecified atom stereocenters. The van der Waals surface area contributed by atoms with E-state index in [0.717, 1.165) is 21.4 Å². The van der Waals surface area contributed by atoms with E-state index in [9.17, 15) is 4.79 Å². The van der Waals surface area contributed by atoms with Gasteiger partial charge in [0.15, 0.2) is 0 Å². The highest BCUT2D eigenvalue weighted by molar-refractivity contribution is 9.10. The summed E-state index contributed by atoms with van der Waals surface area (Å²) < 4.78 is 0.923. The summed E-state index contributed by atoms with van der Waals surface area (Å²) in [6.45, 7) is 5.14. The van der Waals surface area contributed by atoms with Crippen molar-refractivity contribution in [3.05, 3.63) is 57.7 Å². The molecule has 0 saturated heterocycles. The van der Waals surface area contributed by atoms with Crippen LogP contribution in [0, 0.1) is 13.8 Å². The molecule has 0 bridgehead atoms. The molecule has 2 N–H and O–H groups in total. The third kappa shape index (κ3) is 4.56. The summed E-state index contributed by atoms with van der Waals surface area (Å²) in [5.41, 5.74) is 2.92. The van der Waals surface area contributed by atoms with Crippen LogP contribution in [-0.4, -0.2) is 24.0 Å². The Morgan fingerprint density at radius 1 is 1.14 bits per heavy atom. The molecule has 1 aromatic heterocycles. The minimum Gasteiger partial charge on any atom is -0.367 e. The summed E-state index contributed by atoms with van der Waals surface area (Å²) in [6.07, 6.45) is 1.80. The summed E-state index contributed by atoms with van der Waals surface area (Å²) in [6, 6.07) is 9.52. The zero-order chi connectivity index (χ0) is 15.2. The maximum Gasteiger partial charge on any atom is 0.251 e. The first-order chi connectivity index (χ1) is 10.1. The molecule has 0 atom stereocenters. The lowest BCUT2D eigenvalue weighted by Gasteiger charge is -2.09. The van der Waals surface area contributed by atoms with E-state index in [1.54, 1.807) is 6.20 Å². The van der Waals surface area contributed by atoms with Crippen LogP contribution in [0.2, 0.25) is 0 Å². The van der Waals surface area contributed by atoms with Crippen LogP contribution in [0.15, 0.2) is 41.0 Å². The van der Waals surface area contributed by atoms with Crippen LogP contribution in [0.3, 0.4) is 0 Å². The van der Waals surface area contributed by atoms with Crippen LogP contribution in [-0.2, 0) is 0 Å². The molecule has 5 heteroatoms. The van der Waals surface area contributed by atoms with Gasteiger partial charge in [0.25, 0.3) is 5.91 Å². The molecule has 0 radical (unpaired) electrons. The Kier molecular flexibility index (Phi) is 5.33. The normalized spacial score (nSPS) is 10.2. The first-order valence-electron chi connectivity index (χ1n) is 6.77. The van der Waals surface area contributed by atoms with Crippen LogP contribution in [0.25, 0.3) is 0 Å². The van der Waals surface area contributed by atoms with Gasteiger partial charge in [0.1, 0.15) is 5.82 Å². The molecule has 21 heavy (non-hydrogen) atoms. The summed E-state index contributed by atoms with van der Waals surface area (Å²) in [5, 5.41) is 6.06. The number of benzene rings is 1. The van der Waals surface area contributed by atoms with Crippen molar-refractivity contribution in [1.29, 1.82) is 0 Å². The molecule has 2 rings (SSSR count). The smallest absolute Gasteiger partial charge is 0.251 e. The van der Waals surface area contributed by atoms with Crippen LogP contribution >= 0.6 is 15.9 Å². The van der Waals surface area contributed by atoms with Crippen LogP contribution in [0.5, 0.6) is 0 Å². The number of aryl methyl sites for hydroxylation is 2. The molecule has 0 saturated carbocycles. The monoisotopic (exact) mass is 347 g/mol. The molecular formula is C16H18BrN3O. The Bertz CT molecular complexity index is 626. The highest BCUT2D eigenvalue weighted by Gasteiger charge is 2.04. The molecule has 2 aromatic rings. The minimum absolute atomic E-state index is 0.0623. The number of carbonyl (C=O) groups excluding carboxylic acids is 1. The molecule has 0 spiro atoms. The van der Waals surface area contributed by atoms with E-state index in [1.165, 1.54) is 0 Å². The molecule has 0 aliphatic rings. The molecule has 4 nitrogen and oxygen atoms in total. The molecule has 1 aromatic carbocycles. The van der Waals surface area contributed by atoms with Gasteiger partial charge in [-0.2, -0.15) is 0 Å². The molecule has 0 aliphatic heterocycles. The third-order valence-electron chi connectivity index (χ3n) is 2.99. The third-order valence-corrected chi connectivity index (χ3v) is 3.60. The topological polar surface area (TPSA) is 54.0 Å². The number of hydrogen-bond donors (Lipinski definition) is 2. The lowest BCUT2D eigenvalue weighted by Crippen LogP contribution is -2.28. The van der Waals surface area contributed by atoms with E-state index in [1.807, 2.05) is 44.2 Å². The van der Waals surface area contributed by atoms with Gasteiger partial charge in [-0.15, -0.1) is 0 Å². The lowest BCUT2D eigenvalue weighted by molar-refractivity contribution is 0.0955. The quantitative estimate of drug-likeness (QED) is 0.816. The van der Waals surface area contributed by atoms with E-state index in [2.05, 4.69) is 31.5 Å². The van der Waals surface area contributed by atoms with Gasteiger partial charge in [0.2, 0.25) is 0 Å². The van der Waals surface area contributed by atoms with Gasteiger partial charge < -0.3 is 10.6 Å². The van der Waals surface area contributed by atoms with Crippen molar-refractivity contribution in [2.45, 2.75) is 13.8 Å². The van der Waals surface area contributed by atoms with Gasteiger partial charge in [0.05, 0.1) is 4.47 Å². The first-order valence-corrected chi connectivity index (χ1v) is 7.56. The van der Waals surface area contributed by atoms with Gasteiger partial charge in [-0.25, -0.2) is 4.98 Å². The Labute approximate surface area is 133 Å². The number of rotatable bonds is 5. The minimum atomic E-state index is -0.0623. The predicted octanol–water partition coefficient (Wildman–Crippen LogP) is 3.30. The van der Waals surface area contributed by atoms with Gasteiger partial charge in [-0.05, 0) is 53.5 Å². The molecule has 110 valence electrons. The summed E-state index contributed by atoms with van der Waals surface area (Å²) in [5.74, 6) is 0.720.